The first-order valence-corrected chi connectivity index (χ1v) is 7.42. The van der Waals surface area contributed by atoms with E-state index in [1.165, 1.54) is 11.4 Å². The van der Waals surface area contributed by atoms with Crippen molar-refractivity contribution in [3.8, 4) is 0 Å². The molecule has 0 unspecified atom stereocenters. The minimum Gasteiger partial charge on any atom is -0.479 e. The number of aliphatic hydroxyl groups is 1. The van der Waals surface area contributed by atoms with Crippen LogP contribution in [0.4, 0.5) is 0 Å². The number of carbonyl (C=O) groups is 1. The molecule has 0 heterocycles. The van der Waals surface area contributed by atoms with Gasteiger partial charge in [0, 0.05) is 19.6 Å². The number of aliphatic carboxylic acids is 1. The van der Waals surface area contributed by atoms with Crippen molar-refractivity contribution in [2.24, 2.45) is 0 Å². The number of nitrogens with zero attached hydrogens (tertiary/aromatic N) is 1. The standard InChI is InChI=1S/C10H20N2O5S/c1-12(8-5-3-2-4-6-8)18(16,17)11-7-9(13)10(14)15/h8-9,11,13H,2-7H2,1H3,(H,14,15)/t9-/m0/s1. The first-order valence-electron chi connectivity index (χ1n) is 5.98. The van der Waals surface area contributed by atoms with E-state index in [4.69, 9.17) is 10.2 Å². The van der Waals surface area contributed by atoms with Crippen molar-refractivity contribution in [2.45, 2.75) is 44.2 Å². The first kappa shape index (κ1) is 15.4. The van der Waals surface area contributed by atoms with Crippen LogP contribution >= 0.6 is 0 Å². The van der Waals surface area contributed by atoms with Gasteiger partial charge in [-0.3, -0.25) is 0 Å². The van der Waals surface area contributed by atoms with E-state index in [1.807, 2.05) is 0 Å². The van der Waals surface area contributed by atoms with Gasteiger partial charge in [-0.1, -0.05) is 19.3 Å². The van der Waals surface area contributed by atoms with E-state index >= 15 is 0 Å². The molecule has 1 atom stereocenters. The third-order valence-electron chi connectivity index (χ3n) is 3.21. The van der Waals surface area contributed by atoms with Crippen LogP contribution < -0.4 is 4.72 Å². The molecule has 8 heteroatoms. The van der Waals surface area contributed by atoms with E-state index in [0.29, 0.717) is 0 Å². The predicted octanol–water partition coefficient (Wildman–Crippen LogP) is -0.469. The van der Waals surface area contributed by atoms with Gasteiger partial charge in [0.2, 0.25) is 0 Å². The zero-order valence-electron chi connectivity index (χ0n) is 10.4. The number of hydrogen-bond donors (Lipinski definition) is 3. The predicted molar refractivity (Wildman–Crippen MR) is 65.2 cm³/mol. The largest absolute Gasteiger partial charge is 0.479 e. The molecule has 7 nitrogen and oxygen atoms in total. The highest BCUT2D eigenvalue weighted by molar-refractivity contribution is 7.87. The first-order chi connectivity index (χ1) is 8.34. The van der Waals surface area contributed by atoms with Crippen molar-refractivity contribution < 1.29 is 23.4 Å². The van der Waals surface area contributed by atoms with Crippen LogP contribution in [0.1, 0.15) is 32.1 Å². The van der Waals surface area contributed by atoms with Gasteiger partial charge in [-0.25, -0.2) is 4.79 Å². The number of carboxylic acids is 1. The zero-order valence-corrected chi connectivity index (χ0v) is 11.2. The van der Waals surface area contributed by atoms with Crippen LogP contribution in [0, 0.1) is 0 Å². The maximum atomic E-state index is 11.9. The van der Waals surface area contributed by atoms with Gasteiger partial charge in [-0.15, -0.1) is 0 Å². The molecule has 0 amide bonds. The molecule has 0 radical (unpaired) electrons. The minimum absolute atomic E-state index is 0.0433. The molecule has 1 aliphatic rings. The fraction of sp³-hybridized carbons (Fsp3) is 0.900. The molecule has 18 heavy (non-hydrogen) atoms. The van der Waals surface area contributed by atoms with Crippen molar-refractivity contribution in [1.29, 1.82) is 0 Å². The van der Waals surface area contributed by atoms with Gasteiger partial charge < -0.3 is 10.2 Å². The average Bonchev–Trinajstić information content (AvgIpc) is 2.36. The Morgan fingerprint density at radius 1 is 1.39 bits per heavy atom. The number of rotatable bonds is 6. The van der Waals surface area contributed by atoms with E-state index < -0.39 is 28.8 Å². The molecule has 1 aliphatic carbocycles. The zero-order chi connectivity index (χ0) is 13.8. The summed E-state index contributed by atoms with van der Waals surface area (Å²) in [4.78, 5) is 10.4. The number of carboxylic acid groups (broad SMARTS) is 1. The molecule has 106 valence electrons. The van der Waals surface area contributed by atoms with Gasteiger partial charge in [0.1, 0.15) is 0 Å². The molecule has 1 fully saturated rings. The molecule has 0 saturated heterocycles. The second-order valence-electron chi connectivity index (χ2n) is 4.52. The highest BCUT2D eigenvalue weighted by Crippen LogP contribution is 2.22. The number of hydrogen-bond acceptors (Lipinski definition) is 4. The second kappa shape index (κ2) is 6.46. The van der Waals surface area contributed by atoms with Gasteiger partial charge in [-0.05, 0) is 12.8 Å². The maximum absolute atomic E-state index is 11.9. The Morgan fingerprint density at radius 3 is 2.44 bits per heavy atom. The molecular weight excluding hydrogens is 260 g/mol. The normalized spacial score (nSPS) is 19.9. The highest BCUT2D eigenvalue weighted by atomic mass is 32.2. The Labute approximate surface area is 107 Å². The lowest BCUT2D eigenvalue weighted by atomic mass is 9.96. The van der Waals surface area contributed by atoms with Gasteiger partial charge in [0.05, 0.1) is 0 Å². The summed E-state index contributed by atoms with van der Waals surface area (Å²) in [6.07, 6.45) is 3.04. The van der Waals surface area contributed by atoms with E-state index in [9.17, 15) is 13.2 Å². The van der Waals surface area contributed by atoms with Crippen LogP contribution in [0.5, 0.6) is 0 Å². The van der Waals surface area contributed by atoms with E-state index in [0.717, 1.165) is 32.1 Å². The fourth-order valence-corrected chi connectivity index (χ4v) is 3.19. The fourth-order valence-electron chi connectivity index (χ4n) is 2.01. The summed E-state index contributed by atoms with van der Waals surface area (Å²) in [7, 11) is -2.25. The summed E-state index contributed by atoms with van der Waals surface area (Å²) in [5, 5.41) is 17.5. The third-order valence-corrected chi connectivity index (χ3v) is 4.80. The lowest BCUT2D eigenvalue weighted by molar-refractivity contribution is -0.146. The summed E-state index contributed by atoms with van der Waals surface area (Å²) < 4.78 is 27.1. The molecule has 3 N–H and O–H groups in total. The monoisotopic (exact) mass is 280 g/mol. The number of aliphatic hydroxyl groups excluding tert-OH is 1. The summed E-state index contributed by atoms with van der Waals surface area (Å²) in [5.74, 6) is -1.45. The Balaban J connectivity index is 2.53. The topological polar surface area (TPSA) is 107 Å². The van der Waals surface area contributed by atoms with Crippen molar-refractivity contribution in [1.82, 2.24) is 9.03 Å². The Bertz CT molecular complexity index is 378. The summed E-state index contributed by atoms with van der Waals surface area (Å²) in [6, 6.07) is -0.0433. The smallest absolute Gasteiger partial charge is 0.333 e. The molecular formula is C10H20N2O5S. The molecule has 1 saturated carbocycles. The molecule has 0 aromatic rings. The quantitative estimate of drug-likeness (QED) is 0.610. The van der Waals surface area contributed by atoms with Gasteiger partial charge in [-0.2, -0.15) is 17.4 Å². The average molecular weight is 280 g/mol. The van der Waals surface area contributed by atoms with E-state index in [-0.39, 0.29) is 6.04 Å². The van der Waals surface area contributed by atoms with Crippen LogP contribution in [0.3, 0.4) is 0 Å². The summed E-state index contributed by atoms with van der Waals surface area (Å²) in [6.45, 7) is -0.519. The molecule has 0 bridgehead atoms. The lowest BCUT2D eigenvalue weighted by Gasteiger charge is -2.30. The molecule has 1 rings (SSSR count). The van der Waals surface area contributed by atoms with Crippen LogP contribution in [0.25, 0.3) is 0 Å². The number of nitrogens with one attached hydrogen (secondary N) is 1. The van der Waals surface area contributed by atoms with Crippen LogP contribution in [-0.4, -0.2) is 54.6 Å². The molecule has 0 aliphatic heterocycles. The second-order valence-corrected chi connectivity index (χ2v) is 6.33. The van der Waals surface area contributed by atoms with E-state index in [1.54, 1.807) is 0 Å². The maximum Gasteiger partial charge on any atom is 0.333 e. The van der Waals surface area contributed by atoms with E-state index in [2.05, 4.69) is 4.72 Å². The van der Waals surface area contributed by atoms with Gasteiger partial charge >= 0.3 is 5.97 Å². The Kier molecular flexibility index (Phi) is 5.51. The van der Waals surface area contributed by atoms with Crippen molar-refractivity contribution >= 4 is 16.2 Å². The molecule has 0 spiro atoms. The van der Waals surface area contributed by atoms with Crippen LogP contribution in [0.15, 0.2) is 0 Å². The SMILES string of the molecule is CN(C1CCCCC1)S(=O)(=O)NC[C@H](O)C(=O)O. The lowest BCUT2D eigenvalue weighted by Crippen LogP contribution is -2.47. The summed E-state index contributed by atoms with van der Waals surface area (Å²) in [5.41, 5.74) is 0. The van der Waals surface area contributed by atoms with Crippen LogP contribution in [0.2, 0.25) is 0 Å². The Morgan fingerprint density at radius 2 is 1.94 bits per heavy atom. The van der Waals surface area contributed by atoms with Crippen LogP contribution in [-0.2, 0) is 15.0 Å². The van der Waals surface area contributed by atoms with Crippen molar-refractivity contribution in [3.63, 3.8) is 0 Å². The third kappa shape index (κ3) is 4.20. The summed E-state index contributed by atoms with van der Waals surface area (Å²) >= 11 is 0. The van der Waals surface area contributed by atoms with Crippen molar-refractivity contribution in [2.75, 3.05) is 13.6 Å². The highest BCUT2D eigenvalue weighted by Gasteiger charge is 2.28. The minimum atomic E-state index is -3.73. The molecule has 0 aromatic heterocycles. The molecule has 0 aromatic carbocycles. The van der Waals surface area contributed by atoms with Gasteiger partial charge in [0.25, 0.3) is 10.2 Å². The van der Waals surface area contributed by atoms with Crippen molar-refractivity contribution in [3.05, 3.63) is 0 Å². The van der Waals surface area contributed by atoms with Gasteiger partial charge in [0.15, 0.2) is 6.10 Å². The Hall–Kier alpha value is -0.700.